The molecule has 0 bridgehead atoms. The minimum atomic E-state index is -0.360. The number of anilines is 1. The quantitative estimate of drug-likeness (QED) is 0.615. The molecular weight excluding hydrogens is 411 g/mol. The summed E-state index contributed by atoms with van der Waals surface area (Å²) in [7, 11) is 0. The number of tetrazole rings is 1. The maximum atomic E-state index is 13.1. The van der Waals surface area contributed by atoms with Gasteiger partial charge in [0.25, 0.3) is 5.91 Å². The van der Waals surface area contributed by atoms with E-state index in [1.165, 1.54) is 28.2 Å². The van der Waals surface area contributed by atoms with Crippen LogP contribution in [0.5, 0.6) is 0 Å². The van der Waals surface area contributed by atoms with E-state index in [0.29, 0.717) is 17.1 Å². The van der Waals surface area contributed by atoms with E-state index >= 15 is 0 Å². The summed E-state index contributed by atoms with van der Waals surface area (Å²) >= 11 is 0. The van der Waals surface area contributed by atoms with Gasteiger partial charge >= 0.3 is 0 Å². The van der Waals surface area contributed by atoms with Crippen LogP contribution in [0.2, 0.25) is 0 Å². The Kier molecular flexibility index (Phi) is 6.84. The highest BCUT2D eigenvalue weighted by atomic mass is 19.1. The number of nitrogens with one attached hydrogen (secondary N) is 1. The van der Waals surface area contributed by atoms with Crippen LogP contribution in [0.3, 0.4) is 0 Å². The molecule has 9 heteroatoms. The van der Waals surface area contributed by atoms with Crippen LogP contribution in [0.15, 0.2) is 54.6 Å². The van der Waals surface area contributed by atoms with Gasteiger partial charge < -0.3 is 10.2 Å². The number of halogens is 1. The Hall–Kier alpha value is -3.62. The molecule has 1 aliphatic carbocycles. The van der Waals surface area contributed by atoms with Gasteiger partial charge in [0.1, 0.15) is 18.9 Å². The third kappa shape index (κ3) is 5.54. The van der Waals surface area contributed by atoms with Gasteiger partial charge in [-0.2, -0.15) is 4.80 Å². The Morgan fingerprint density at radius 1 is 1.03 bits per heavy atom. The number of hydrogen-bond acceptors (Lipinski definition) is 5. The number of carbonyl (C=O) groups is 2. The second kappa shape index (κ2) is 10.1. The summed E-state index contributed by atoms with van der Waals surface area (Å²) in [5.74, 6) is -0.592. The van der Waals surface area contributed by atoms with Crippen LogP contribution in [-0.4, -0.2) is 44.6 Å². The van der Waals surface area contributed by atoms with Crippen LogP contribution in [0, 0.1) is 5.82 Å². The maximum absolute atomic E-state index is 13.1. The highest BCUT2D eigenvalue weighted by Crippen LogP contribution is 2.18. The number of aromatic nitrogens is 4. The predicted molar refractivity (Wildman–Crippen MR) is 117 cm³/mol. The van der Waals surface area contributed by atoms with Gasteiger partial charge in [0.2, 0.25) is 11.7 Å². The van der Waals surface area contributed by atoms with Crippen molar-refractivity contribution in [2.75, 3.05) is 11.4 Å². The van der Waals surface area contributed by atoms with Gasteiger partial charge in [-0.25, -0.2) is 4.39 Å². The lowest BCUT2D eigenvalue weighted by Crippen LogP contribution is -2.45. The topological polar surface area (TPSA) is 93.0 Å². The van der Waals surface area contributed by atoms with Crippen LogP contribution < -0.4 is 10.2 Å². The molecule has 1 aromatic heterocycles. The zero-order chi connectivity index (χ0) is 22.3. The molecule has 166 valence electrons. The van der Waals surface area contributed by atoms with Crippen molar-refractivity contribution in [1.82, 2.24) is 25.5 Å². The van der Waals surface area contributed by atoms with Crippen LogP contribution >= 0.6 is 0 Å². The van der Waals surface area contributed by atoms with E-state index in [1.54, 1.807) is 24.3 Å². The lowest BCUT2D eigenvalue weighted by atomic mass is 9.95. The van der Waals surface area contributed by atoms with E-state index in [4.69, 9.17) is 0 Å². The first-order chi connectivity index (χ1) is 15.6. The zero-order valence-electron chi connectivity index (χ0n) is 17.7. The second-order valence-electron chi connectivity index (χ2n) is 7.87. The monoisotopic (exact) mass is 436 g/mol. The molecule has 0 spiro atoms. The van der Waals surface area contributed by atoms with E-state index in [2.05, 4.69) is 20.7 Å². The Balaban J connectivity index is 1.45. The van der Waals surface area contributed by atoms with Crippen molar-refractivity contribution in [3.63, 3.8) is 0 Å². The molecule has 0 aliphatic heterocycles. The molecule has 1 N–H and O–H groups in total. The first kappa shape index (κ1) is 21.6. The number of para-hydroxylation sites is 1. The normalized spacial score (nSPS) is 14.2. The standard InChI is InChI=1S/C23H25FN6O2/c24-18-13-11-17(12-14-18)23-26-28-30(27-23)16-22(32)29(20-9-5-2-6-10-20)15-21(31)25-19-7-3-1-4-8-19/h2,5-6,9-14,19H,1,3-4,7-8,15-16H2,(H,25,31). The van der Waals surface area contributed by atoms with Gasteiger partial charge in [0.15, 0.2) is 0 Å². The summed E-state index contributed by atoms with van der Waals surface area (Å²) in [6.45, 7) is -0.265. The molecular formula is C23H25FN6O2. The number of carbonyl (C=O) groups excluding carboxylic acids is 2. The first-order valence-electron chi connectivity index (χ1n) is 10.8. The summed E-state index contributed by atoms with van der Waals surface area (Å²) < 4.78 is 13.1. The molecule has 1 saturated carbocycles. The highest BCUT2D eigenvalue weighted by molar-refractivity contribution is 5.98. The summed E-state index contributed by atoms with van der Waals surface area (Å²) in [6, 6.07) is 14.9. The SMILES string of the molecule is O=C(CN(C(=O)Cn1nnc(-c2ccc(F)cc2)n1)c1ccccc1)NC1CCCCC1. The van der Waals surface area contributed by atoms with Gasteiger partial charge in [-0.1, -0.05) is 37.5 Å². The fourth-order valence-corrected chi connectivity index (χ4v) is 3.83. The minimum absolute atomic E-state index is 0.0845. The Morgan fingerprint density at radius 2 is 1.75 bits per heavy atom. The van der Waals surface area contributed by atoms with Crippen molar-refractivity contribution in [2.45, 2.75) is 44.7 Å². The molecule has 0 radical (unpaired) electrons. The van der Waals surface area contributed by atoms with Gasteiger partial charge in [-0.3, -0.25) is 9.59 Å². The van der Waals surface area contributed by atoms with Crippen molar-refractivity contribution in [3.05, 3.63) is 60.4 Å². The van der Waals surface area contributed by atoms with Crippen molar-refractivity contribution in [2.24, 2.45) is 0 Å². The highest BCUT2D eigenvalue weighted by Gasteiger charge is 2.23. The van der Waals surface area contributed by atoms with Gasteiger partial charge in [-0.15, -0.1) is 10.2 Å². The molecule has 32 heavy (non-hydrogen) atoms. The van der Waals surface area contributed by atoms with E-state index in [0.717, 1.165) is 25.7 Å². The van der Waals surface area contributed by atoms with Crippen molar-refractivity contribution >= 4 is 17.5 Å². The van der Waals surface area contributed by atoms with Gasteiger partial charge in [-0.05, 0) is 54.5 Å². The molecule has 1 heterocycles. The predicted octanol–water partition coefficient (Wildman–Crippen LogP) is 2.96. The number of amides is 2. The number of nitrogens with zero attached hydrogens (tertiary/aromatic N) is 5. The summed E-state index contributed by atoms with van der Waals surface area (Å²) in [5.41, 5.74) is 1.21. The van der Waals surface area contributed by atoms with E-state index in [1.807, 2.05) is 18.2 Å². The van der Waals surface area contributed by atoms with Gasteiger partial charge in [0.05, 0.1) is 0 Å². The molecule has 3 aromatic rings. The number of hydrogen-bond donors (Lipinski definition) is 1. The number of benzene rings is 2. The summed E-state index contributed by atoms with van der Waals surface area (Å²) in [5, 5.41) is 15.2. The average molecular weight is 436 g/mol. The van der Waals surface area contributed by atoms with Crippen molar-refractivity contribution in [1.29, 1.82) is 0 Å². The molecule has 0 saturated heterocycles. The Labute approximate surface area is 185 Å². The summed E-state index contributed by atoms with van der Waals surface area (Å²) in [6.07, 6.45) is 5.37. The molecule has 2 aromatic carbocycles. The first-order valence-corrected chi connectivity index (χ1v) is 10.8. The van der Waals surface area contributed by atoms with Crippen molar-refractivity contribution < 1.29 is 14.0 Å². The van der Waals surface area contributed by atoms with Crippen molar-refractivity contribution in [3.8, 4) is 11.4 Å². The maximum Gasteiger partial charge on any atom is 0.251 e. The third-order valence-electron chi connectivity index (χ3n) is 5.47. The van der Waals surface area contributed by atoms with Gasteiger partial charge in [0, 0.05) is 17.3 Å². The molecule has 4 rings (SSSR count). The lowest BCUT2D eigenvalue weighted by Gasteiger charge is -2.26. The van der Waals surface area contributed by atoms with E-state index in [-0.39, 0.29) is 36.8 Å². The molecule has 1 aliphatic rings. The van der Waals surface area contributed by atoms with Crippen LogP contribution in [0.4, 0.5) is 10.1 Å². The van der Waals surface area contributed by atoms with Crippen LogP contribution in [0.1, 0.15) is 32.1 Å². The largest absolute Gasteiger partial charge is 0.352 e. The molecule has 0 unspecified atom stereocenters. The third-order valence-corrected chi connectivity index (χ3v) is 5.47. The van der Waals surface area contributed by atoms with E-state index < -0.39 is 0 Å². The Bertz CT molecular complexity index is 1050. The smallest absolute Gasteiger partial charge is 0.251 e. The molecule has 2 amide bonds. The lowest BCUT2D eigenvalue weighted by molar-refractivity contribution is -0.124. The average Bonchev–Trinajstić information content (AvgIpc) is 3.27. The fraction of sp³-hybridized carbons (Fsp3) is 0.348. The van der Waals surface area contributed by atoms with Crippen LogP contribution in [-0.2, 0) is 16.1 Å². The zero-order valence-corrected chi connectivity index (χ0v) is 17.7. The number of rotatable bonds is 7. The van der Waals surface area contributed by atoms with Crippen LogP contribution in [0.25, 0.3) is 11.4 Å². The summed E-state index contributed by atoms with van der Waals surface area (Å²) in [4.78, 5) is 28.4. The molecule has 1 fully saturated rings. The fourth-order valence-electron chi connectivity index (χ4n) is 3.83. The molecule has 8 nitrogen and oxygen atoms in total. The van der Waals surface area contributed by atoms with E-state index in [9.17, 15) is 14.0 Å². The molecule has 0 atom stereocenters. The Morgan fingerprint density at radius 3 is 2.47 bits per heavy atom. The minimum Gasteiger partial charge on any atom is -0.352 e. The second-order valence-corrected chi connectivity index (χ2v) is 7.87.